The first-order valence-electron chi connectivity index (χ1n) is 8.99. The molecule has 0 bridgehead atoms. The standard InChI is InChI=1S/C22H15N3O3S/c26-21-19-17(18(23-24-19)13-5-2-1-3-6-13)20(16-7-4-12-29-16)25(21)15-10-8-14(9-11-15)22(27)28/h1-12,20H,(H,23,24)(H,27,28)/t20-/m1/s1. The van der Waals surface area contributed by atoms with Gasteiger partial charge in [0, 0.05) is 21.7 Å². The Bertz CT molecular complexity index is 1200. The predicted molar refractivity (Wildman–Crippen MR) is 110 cm³/mol. The Morgan fingerprint density at radius 1 is 1.03 bits per heavy atom. The first kappa shape index (κ1) is 17.4. The third kappa shape index (κ3) is 2.75. The van der Waals surface area contributed by atoms with E-state index in [2.05, 4.69) is 10.2 Å². The van der Waals surface area contributed by atoms with E-state index in [9.17, 15) is 14.7 Å². The Morgan fingerprint density at radius 2 is 1.79 bits per heavy atom. The zero-order valence-electron chi connectivity index (χ0n) is 15.1. The van der Waals surface area contributed by atoms with Gasteiger partial charge < -0.3 is 5.11 Å². The molecule has 2 aromatic heterocycles. The summed E-state index contributed by atoms with van der Waals surface area (Å²) < 4.78 is 0. The first-order chi connectivity index (χ1) is 14.1. The predicted octanol–water partition coefficient (Wildman–Crippen LogP) is 4.59. The van der Waals surface area contributed by atoms with Crippen LogP contribution in [0.5, 0.6) is 0 Å². The number of nitrogens with one attached hydrogen (secondary N) is 1. The normalized spacial score (nSPS) is 15.5. The Kier molecular flexibility index (Phi) is 4.03. The number of benzene rings is 2. The van der Waals surface area contributed by atoms with Gasteiger partial charge in [-0.2, -0.15) is 5.10 Å². The van der Waals surface area contributed by atoms with Crippen LogP contribution in [-0.2, 0) is 0 Å². The maximum absolute atomic E-state index is 13.3. The van der Waals surface area contributed by atoms with Crippen molar-refractivity contribution in [3.8, 4) is 11.3 Å². The molecule has 1 amide bonds. The lowest BCUT2D eigenvalue weighted by molar-refractivity contribution is 0.0696. The van der Waals surface area contributed by atoms with Gasteiger partial charge >= 0.3 is 5.97 Å². The number of carboxylic acids is 1. The molecular formula is C22H15N3O3S. The van der Waals surface area contributed by atoms with Gasteiger partial charge in [-0.1, -0.05) is 36.4 Å². The molecule has 0 unspecified atom stereocenters. The Hall–Kier alpha value is -3.71. The molecule has 0 fully saturated rings. The molecule has 2 aromatic carbocycles. The monoisotopic (exact) mass is 401 g/mol. The van der Waals surface area contributed by atoms with Crippen molar-refractivity contribution in [2.75, 3.05) is 4.90 Å². The molecule has 0 radical (unpaired) electrons. The zero-order valence-corrected chi connectivity index (χ0v) is 15.9. The Labute approximate surface area is 170 Å². The van der Waals surface area contributed by atoms with Gasteiger partial charge in [0.1, 0.15) is 11.7 Å². The van der Waals surface area contributed by atoms with Crippen LogP contribution in [0.2, 0.25) is 0 Å². The SMILES string of the molecule is O=C(O)c1ccc(N2C(=O)c3[nH]nc(-c4ccccc4)c3[C@H]2c2cccs2)cc1. The number of carbonyl (C=O) groups is 2. The number of rotatable bonds is 4. The topological polar surface area (TPSA) is 86.3 Å². The van der Waals surface area contributed by atoms with E-state index in [1.54, 1.807) is 28.4 Å². The fraction of sp³-hybridized carbons (Fsp3) is 0.0455. The number of nitrogens with zero attached hydrogens (tertiary/aromatic N) is 2. The van der Waals surface area contributed by atoms with Gasteiger partial charge in [-0.25, -0.2) is 4.79 Å². The van der Waals surface area contributed by atoms with Crippen molar-refractivity contribution >= 4 is 28.9 Å². The van der Waals surface area contributed by atoms with Crippen LogP contribution in [0.3, 0.4) is 0 Å². The third-order valence-electron chi connectivity index (χ3n) is 5.02. The fourth-order valence-corrected chi connectivity index (χ4v) is 4.53. The third-order valence-corrected chi connectivity index (χ3v) is 5.95. The molecular weight excluding hydrogens is 386 g/mol. The van der Waals surface area contributed by atoms with Crippen LogP contribution in [-0.4, -0.2) is 27.2 Å². The minimum atomic E-state index is -1.00. The first-order valence-corrected chi connectivity index (χ1v) is 9.87. The second kappa shape index (κ2) is 6.72. The van der Waals surface area contributed by atoms with Crippen molar-refractivity contribution in [3.63, 3.8) is 0 Å². The van der Waals surface area contributed by atoms with Gasteiger partial charge in [0.2, 0.25) is 0 Å². The molecule has 0 spiro atoms. The maximum Gasteiger partial charge on any atom is 0.335 e. The number of fused-ring (bicyclic) bond motifs is 1. The van der Waals surface area contributed by atoms with E-state index < -0.39 is 5.97 Å². The molecule has 1 atom stereocenters. The highest BCUT2D eigenvalue weighted by atomic mass is 32.1. The second-order valence-corrected chi connectivity index (χ2v) is 7.65. The number of hydrogen-bond donors (Lipinski definition) is 2. The van der Waals surface area contributed by atoms with Crippen LogP contribution in [0.1, 0.15) is 37.3 Å². The van der Waals surface area contributed by atoms with Gasteiger partial charge in [0.25, 0.3) is 5.91 Å². The highest BCUT2D eigenvalue weighted by Gasteiger charge is 2.43. The van der Waals surface area contributed by atoms with Crippen molar-refractivity contribution in [2.24, 2.45) is 0 Å². The molecule has 1 aliphatic rings. The molecule has 29 heavy (non-hydrogen) atoms. The van der Waals surface area contributed by atoms with Crippen molar-refractivity contribution in [3.05, 3.63) is 93.8 Å². The molecule has 0 aliphatic carbocycles. The summed E-state index contributed by atoms with van der Waals surface area (Å²) in [6, 6.07) is 19.7. The summed E-state index contributed by atoms with van der Waals surface area (Å²) in [5.74, 6) is -1.18. The highest BCUT2D eigenvalue weighted by Crippen LogP contribution is 2.46. The summed E-state index contributed by atoms with van der Waals surface area (Å²) in [6.07, 6.45) is 0. The van der Waals surface area contributed by atoms with Crippen LogP contribution in [0.25, 0.3) is 11.3 Å². The molecule has 142 valence electrons. The number of aromatic carboxylic acids is 1. The van der Waals surface area contributed by atoms with E-state index in [1.807, 2.05) is 47.8 Å². The smallest absolute Gasteiger partial charge is 0.335 e. The van der Waals surface area contributed by atoms with Gasteiger partial charge in [-0.3, -0.25) is 14.8 Å². The van der Waals surface area contributed by atoms with Gasteiger partial charge in [0.15, 0.2) is 0 Å². The number of carboxylic acid groups (broad SMARTS) is 1. The van der Waals surface area contributed by atoms with E-state index in [4.69, 9.17) is 0 Å². The molecule has 0 saturated heterocycles. The summed E-state index contributed by atoms with van der Waals surface area (Å²) in [7, 11) is 0. The number of amides is 1. The van der Waals surface area contributed by atoms with Crippen molar-refractivity contribution in [2.45, 2.75) is 6.04 Å². The summed E-state index contributed by atoms with van der Waals surface area (Å²) in [5.41, 5.74) is 3.80. The minimum Gasteiger partial charge on any atom is -0.478 e. The number of carbonyl (C=O) groups excluding carboxylic acids is 1. The number of H-pyrrole nitrogens is 1. The summed E-state index contributed by atoms with van der Waals surface area (Å²) in [5, 5.41) is 18.5. The van der Waals surface area contributed by atoms with E-state index in [0.717, 1.165) is 21.7 Å². The number of aromatic amines is 1. The fourth-order valence-electron chi connectivity index (χ4n) is 3.71. The number of aromatic nitrogens is 2. The molecule has 2 N–H and O–H groups in total. The van der Waals surface area contributed by atoms with Crippen LogP contribution >= 0.6 is 11.3 Å². The average molecular weight is 401 g/mol. The van der Waals surface area contributed by atoms with Gasteiger partial charge in [-0.05, 0) is 35.7 Å². The van der Waals surface area contributed by atoms with E-state index in [1.165, 1.54) is 12.1 Å². The highest BCUT2D eigenvalue weighted by molar-refractivity contribution is 7.10. The Morgan fingerprint density at radius 3 is 2.45 bits per heavy atom. The van der Waals surface area contributed by atoms with Crippen LogP contribution in [0.15, 0.2) is 72.1 Å². The average Bonchev–Trinajstić information content (AvgIpc) is 3.47. The Balaban J connectivity index is 1.67. The zero-order chi connectivity index (χ0) is 20.0. The summed E-state index contributed by atoms with van der Waals surface area (Å²) in [6.45, 7) is 0. The van der Waals surface area contributed by atoms with Crippen LogP contribution in [0, 0.1) is 0 Å². The minimum absolute atomic E-state index is 0.179. The maximum atomic E-state index is 13.3. The lowest BCUT2D eigenvalue weighted by Crippen LogP contribution is -2.28. The lowest BCUT2D eigenvalue weighted by Gasteiger charge is -2.25. The largest absolute Gasteiger partial charge is 0.478 e. The van der Waals surface area contributed by atoms with Crippen LogP contribution < -0.4 is 4.90 Å². The van der Waals surface area contributed by atoms with Gasteiger partial charge in [0.05, 0.1) is 11.3 Å². The molecule has 5 rings (SSSR count). The quantitative estimate of drug-likeness (QED) is 0.524. The number of thiophene rings is 1. The summed E-state index contributed by atoms with van der Waals surface area (Å²) in [4.78, 5) is 27.2. The van der Waals surface area contributed by atoms with Crippen LogP contribution in [0.4, 0.5) is 5.69 Å². The molecule has 6 nitrogen and oxygen atoms in total. The molecule has 0 saturated carbocycles. The molecule has 1 aliphatic heterocycles. The number of anilines is 1. The van der Waals surface area contributed by atoms with Crippen molar-refractivity contribution < 1.29 is 14.7 Å². The van der Waals surface area contributed by atoms with Crippen molar-refractivity contribution in [1.29, 1.82) is 0 Å². The van der Waals surface area contributed by atoms with E-state index >= 15 is 0 Å². The molecule has 3 heterocycles. The lowest BCUT2D eigenvalue weighted by atomic mass is 10.0. The van der Waals surface area contributed by atoms with E-state index in [-0.39, 0.29) is 17.5 Å². The molecule has 4 aromatic rings. The number of hydrogen-bond acceptors (Lipinski definition) is 4. The summed E-state index contributed by atoms with van der Waals surface area (Å²) >= 11 is 1.57. The second-order valence-electron chi connectivity index (χ2n) is 6.67. The van der Waals surface area contributed by atoms with Crippen molar-refractivity contribution in [1.82, 2.24) is 10.2 Å². The van der Waals surface area contributed by atoms with Gasteiger partial charge in [-0.15, -0.1) is 11.3 Å². The molecule has 7 heteroatoms. The van der Waals surface area contributed by atoms with E-state index in [0.29, 0.717) is 11.4 Å².